The Balaban J connectivity index is 1.82. The summed E-state index contributed by atoms with van der Waals surface area (Å²) in [6, 6.07) is 18.0. The molecule has 2 amide bonds. The summed E-state index contributed by atoms with van der Waals surface area (Å²) in [6.45, 7) is 6.30. The van der Waals surface area contributed by atoms with E-state index in [-0.39, 0.29) is 29.8 Å². The van der Waals surface area contributed by atoms with Gasteiger partial charge in [0.1, 0.15) is 5.54 Å². The summed E-state index contributed by atoms with van der Waals surface area (Å²) < 4.78 is 27.7. The number of benzene rings is 2. The van der Waals surface area contributed by atoms with Crippen molar-refractivity contribution in [1.29, 1.82) is 0 Å². The molecular weight excluding hydrogens is 450 g/mol. The fourth-order valence-corrected chi connectivity index (χ4v) is 5.73. The molecule has 0 spiro atoms. The average Bonchev–Trinajstić information content (AvgIpc) is 2.81. The van der Waals surface area contributed by atoms with Crippen LogP contribution in [-0.4, -0.2) is 61.2 Å². The number of nitrogens with zero attached hydrogens (tertiary/aromatic N) is 2. The van der Waals surface area contributed by atoms with Crippen molar-refractivity contribution < 1.29 is 18.0 Å². The predicted octanol–water partition coefficient (Wildman–Crippen LogP) is 3.07. The van der Waals surface area contributed by atoms with Gasteiger partial charge in [-0.05, 0) is 49.8 Å². The quantitative estimate of drug-likeness (QED) is 0.560. The summed E-state index contributed by atoms with van der Waals surface area (Å²) in [4.78, 5) is 28.3. The van der Waals surface area contributed by atoms with Crippen molar-refractivity contribution in [2.24, 2.45) is 5.92 Å². The molecule has 0 bridgehead atoms. The molecule has 184 valence electrons. The van der Waals surface area contributed by atoms with Crippen molar-refractivity contribution in [2.75, 3.05) is 26.2 Å². The zero-order valence-corrected chi connectivity index (χ0v) is 21.1. The molecule has 2 aromatic rings. The summed E-state index contributed by atoms with van der Waals surface area (Å²) >= 11 is 0. The second-order valence-corrected chi connectivity index (χ2v) is 11.4. The van der Waals surface area contributed by atoms with E-state index in [2.05, 4.69) is 19.2 Å². The van der Waals surface area contributed by atoms with Crippen LogP contribution in [0.5, 0.6) is 0 Å². The third kappa shape index (κ3) is 6.04. The number of aryl methyl sites for hydroxylation is 1. The molecule has 1 N–H and O–H groups in total. The fourth-order valence-electron chi connectivity index (χ4n) is 4.22. The van der Waals surface area contributed by atoms with E-state index in [0.29, 0.717) is 25.4 Å². The number of piperazine rings is 1. The minimum absolute atomic E-state index is 0.0885. The van der Waals surface area contributed by atoms with Crippen molar-refractivity contribution in [3.05, 3.63) is 66.2 Å². The molecule has 7 nitrogen and oxygen atoms in total. The van der Waals surface area contributed by atoms with Crippen LogP contribution in [0.25, 0.3) is 0 Å². The first kappa shape index (κ1) is 25.9. The number of sulfonamides is 1. The van der Waals surface area contributed by atoms with Gasteiger partial charge in [0.25, 0.3) is 0 Å². The third-order valence-electron chi connectivity index (χ3n) is 6.26. The van der Waals surface area contributed by atoms with E-state index in [1.54, 1.807) is 30.0 Å². The van der Waals surface area contributed by atoms with Crippen LogP contribution >= 0.6 is 0 Å². The van der Waals surface area contributed by atoms with Gasteiger partial charge < -0.3 is 10.2 Å². The Morgan fingerprint density at radius 1 is 1.06 bits per heavy atom. The van der Waals surface area contributed by atoms with Crippen molar-refractivity contribution in [2.45, 2.75) is 50.5 Å². The highest BCUT2D eigenvalue weighted by molar-refractivity contribution is 7.89. The van der Waals surface area contributed by atoms with Gasteiger partial charge in [-0.25, -0.2) is 8.42 Å². The first-order valence-electron chi connectivity index (χ1n) is 11.8. The lowest BCUT2D eigenvalue weighted by molar-refractivity contribution is -0.152. The number of hydrogen-bond acceptors (Lipinski definition) is 4. The van der Waals surface area contributed by atoms with Gasteiger partial charge in [-0.1, -0.05) is 62.4 Å². The van der Waals surface area contributed by atoms with Crippen LogP contribution in [0.1, 0.15) is 39.2 Å². The van der Waals surface area contributed by atoms with Crippen LogP contribution in [0.2, 0.25) is 0 Å². The molecule has 0 radical (unpaired) electrons. The maximum Gasteiger partial charge on any atom is 0.247 e. The third-order valence-corrected chi connectivity index (χ3v) is 8.07. The van der Waals surface area contributed by atoms with Gasteiger partial charge >= 0.3 is 0 Å². The van der Waals surface area contributed by atoms with Crippen LogP contribution in [0.3, 0.4) is 0 Å². The minimum atomic E-state index is -3.91. The number of carbonyl (C=O) groups is 2. The van der Waals surface area contributed by atoms with Crippen LogP contribution < -0.4 is 5.32 Å². The molecule has 0 saturated carbocycles. The Hall–Kier alpha value is -2.71. The van der Waals surface area contributed by atoms with Gasteiger partial charge in [-0.3, -0.25) is 9.59 Å². The zero-order chi connectivity index (χ0) is 24.8. The van der Waals surface area contributed by atoms with Gasteiger partial charge in [0.05, 0.1) is 11.4 Å². The number of nitrogens with one attached hydrogen (secondary N) is 1. The number of rotatable bonds is 10. The number of carbonyl (C=O) groups excluding carboxylic acids is 2. The fraction of sp³-hybridized carbons (Fsp3) is 0.462. The maximum atomic E-state index is 13.4. The van der Waals surface area contributed by atoms with Crippen LogP contribution in [-0.2, 0) is 26.0 Å². The molecule has 1 unspecified atom stereocenters. The normalized spacial score (nSPS) is 19.4. The molecule has 34 heavy (non-hydrogen) atoms. The monoisotopic (exact) mass is 485 g/mol. The van der Waals surface area contributed by atoms with Gasteiger partial charge in [-0.2, -0.15) is 4.31 Å². The average molecular weight is 486 g/mol. The molecule has 1 aliphatic rings. The van der Waals surface area contributed by atoms with E-state index in [0.717, 1.165) is 22.7 Å². The lowest BCUT2D eigenvalue weighted by atomic mass is 9.94. The maximum absolute atomic E-state index is 13.4. The molecular formula is C26H35N3O4S. The van der Waals surface area contributed by atoms with Crippen LogP contribution in [0.4, 0.5) is 0 Å². The first-order chi connectivity index (χ1) is 16.1. The number of amides is 2. The Labute approximate surface area is 203 Å². The zero-order valence-electron chi connectivity index (χ0n) is 20.2. The summed E-state index contributed by atoms with van der Waals surface area (Å²) in [5, 5.41) is 2.94. The van der Waals surface area contributed by atoms with E-state index in [4.69, 9.17) is 0 Å². The number of hydrogen-bond donors (Lipinski definition) is 1. The summed E-state index contributed by atoms with van der Waals surface area (Å²) in [6.07, 6.45) is 2.24. The highest BCUT2D eigenvalue weighted by atomic mass is 32.2. The molecule has 0 aliphatic carbocycles. The second-order valence-electron chi connectivity index (χ2n) is 9.43. The molecule has 1 atom stereocenters. The van der Waals surface area contributed by atoms with Crippen molar-refractivity contribution in [3.8, 4) is 0 Å². The first-order valence-corrected chi connectivity index (χ1v) is 13.3. The standard InChI is InChI=1S/C26H35N3O4S/c1-21(2)16-17-27-25(31)26(3)20-28(34(32,33)23-14-8-5-9-15-23)19-24(30)29(26)18-10-13-22-11-6-4-7-12-22/h4-9,11-12,14-15,21H,10,13,16-20H2,1-3H3,(H,27,31). The van der Waals surface area contributed by atoms with Gasteiger partial charge in [0.2, 0.25) is 21.8 Å². The second kappa shape index (κ2) is 11.1. The van der Waals surface area contributed by atoms with E-state index >= 15 is 0 Å². The summed E-state index contributed by atoms with van der Waals surface area (Å²) in [5.74, 6) is -0.271. The molecule has 1 fully saturated rings. The van der Waals surface area contributed by atoms with Gasteiger partial charge in [-0.15, -0.1) is 0 Å². The Morgan fingerprint density at radius 3 is 2.29 bits per heavy atom. The molecule has 8 heteroatoms. The van der Waals surface area contributed by atoms with Gasteiger partial charge in [0, 0.05) is 19.6 Å². The highest BCUT2D eigenvalue weighted by Crippen LogP contribution is 2.28. The Morgan fingerprint density at radius 2 is 1.68 bits per heavy atom. The van der Waals surface area contributed by atoms with Crippen LogP contribution in [0, 0.1) is 5.92 Å². The molecule has 0 aromatic heterocycles. The van der Waals surface area contributed by atoms with E-state index in [1.165, 1.54) is 12.1 Å². The van der Waals surface area contributed by atoms with Gasteiger partial charge in [0.15, 0.2) is 0 Å². The van der Waals surface area contributed by atoms with Crippen molar-refractivity contribution in [1.82, 2.24) is 14.5 Å². The molecule has 3 rings (SSSR count). The highest BCUT2D eigenvalue weighted by Gasteiger charge is 2.50. The van der Waals surface area contributed by atoms with E-state index in [9.17, 15) is 18.0 Å². The van der Waals surface area contributed by atoms with Crippen molar-refractivity contribution in [3.63, 3.8) is 0 Å². The Kier molecular flexibility index (Phi) is 8.49. The topological polar surface area (TPSA) is 86.8 Å². The lowest BCUT2D eigenvalue weighted by Gasteiger charge is -2.47. The smallest absolute Gasteiger partial charge is 0.247 e. The van der Waals surface area contributed by atoms with E-state index < -0.39 is 15.6 Å². The molecule has 1 heterocycles. The molecule has 2 aromatic carbocycles. The SMILES string of the molecule is CC(C)CCNC(=O)C1(C)CN(S(=O)(=O)c2ccccc2)CC(=O)N1CCCc1ccccc1. The largest absolute Gasteiger partial charge is 0.354 e. The predicted molar refractivity (Wildman–Crippen MR) is 133 cm³/mol. The van der Waals surface area contributed by atoms with E-state index in [1.807, 2.05) is 30.3 Å². The molecule has 1 aliphatic heterocycles. The minimum Gasteiger partial charge on any atom is -0.354 e. The lowest BCUT2D eigenvalue weighted by Crippen LogP contribution is -2.69. The molecule has 1 saturated heterocycles. The summed E-state index contributed by atoms with van der Waals surface area (Å²) in [5.41, 5.74) is -0.145. The van der Waals surface area contributed by atoms with Crippen LogP contribution in [0.15, 0.2) is 65.6 Å². The Bertz CT molecular complexity index is 1070. The van der Waals surface area contributed by atoms with Crippen molar-refractivity contribution >= 4 is 21.8 Å². The summed E-state index contributed by atoms with van der Waals surface area (Å²) in [7, 11) is -3.91.